The van der Waals surface area contributed by atoms with Gasteiger partial charge in [0.15, 0.2) is 0 Å². The number of carbonyl (C=O) groups is 5. The average molecular weight is 848 g/mol. The van der Waals surface area contributed by atoms with Crippen molar-refractivity contribution < 1.29 is 38.2 Å². The Kier molecular flexibility index (Phi) is 12.5. The molecule has 0 aliphatic carbocycles. The average Bonchev–Trinajstić information content (AvgIpc) is 3.90. The molecule has 2 atom stereocenters. The molecule has 320 valence electrons. The Labute approximate surface area is 356 Å². The van der Waals surface area contributed by atoms with Crippen LogP contribution >= 0.6 is 0 Å². The van der Waals surface area contributed by atoms with Gasteiger partial charge in [0.25, 0.3) is 17.7 Å². The maximum atomic E-state index is 13.5. The van der Waals surface area contributed by atoms with Gasteiger partial charge in [-0.3, -0.25) is 29.0 Å². The highest BCUT2D eigenvalue weighted by Crippen LogP contribution is 2.36. The van der Waals surface area contributed by atoms with Crippen molar-refractivity contribution >= 4 is 54.5 Å². The van der Waals surface area contributed by atoms with Crippen molar-refractivity contribution in [3.05, 3.63) is 82.9 Å². The Hall–Kier alpha value is -5.89. The molecule has 0 spiro atoms. The lowest BCUT2D eigenvalue weighted by Gasteiger charge is -2.35. The van der Waals surface area contributed by atoms with Crippen LogP contribution in [0.4, 0.5) is 10.6 Å². The second-order valence-corrected chi connectivity index (χ2v) is 23.5. The van der Waals surface area contributed by atoms with Gasteiger partial charge in [0.05, 0.1) is 17.8 Å². The van der Waals surface area contributed by atoms with Gasteiger partial charge in [-0.2, -0.15) is 0 Å². The van der Waals surface area contributed by atoms with E-state index in [2.05, 4.69) is 51.7 Å². The zero-order valence-electron chi connectivity index (χ0n) is 35.9. The summed E-state index contributed by atoms with van der Waals surface area (Å²) in [6, 6.07) is 12.2. The molecule has 15 nitrogen and oxygen atoms in total. The van der Waals surface area contributed by atoms with Gasteiger partial charge < -0.3 is 24.4 Å². The van der Waals surface area contributed by atoms with E-state index < -0.39 is 37.6 Å². The summed E-state index contributed by atoms with van der Waals surface area (Å²) in [7, 11) is 0.698. The number of anilines is 1. The molecule has 2 fully saturated rings. The van der Waals surface area contributed by atoms with E-state index in [1.54, 1.807) is 35.0 Å². The standard InChI is InChI=1S/C45H53N7O8Si/c1-45(2,3)60-44(57)52-37-24-39(47-25-30(37)23-38(52)35-14-9-19-49(35)4)48-41(54)34-16-15-31(26-46-34)59-20-10-12-29-11-8-13-32-33(29)27-50(42(32)55)36-17-18-40(53)51(43(36)56)28-58-21-22-61(5,6)7/h8,11,13,15-16,23-26,35-36H,9,14,17-22,27-28H2,1-7H3,(H,47,48,54). The topological polar surface area (TPSA) is 165 Å². The van der Waals surface area contributed by atoms with Crippen molar-refractivity contribution in [2.45, 2.75) is 96.4 Å². The number of nitrogens with one attached hydrogen (secondary N) is 1. The van der Waals surface area contributed by atoms with Crippen LogP contribution in [-0.4, -0.2) is 112 Å². The second kappa shape index (κ2) is 17.6. The molecule has 4 amide bonds. The predicted octanol–water partition coefficient (Wildman–Crippen LogP) is 6.45. The molecule has 0 radical (unpaired) electrons. The van der Waals surface area contributed by atoms with Gasteiger partial charge in [-0.1, -0.05) is 37.5 Å². The number of aromatic nitrogens is 3. The third kappa shape index (κ3) is 9.85. The largest absolute Gasteiger partial charge is 0.479 e. The number of hydrogen-bond donors (Lipinski definition) is 1. The number of carbonyl (C=O) groups excluding carboxylic acids is 5. The molecule has 3 aliphatic heterocycles. The molecule has 2 unspecified atom stereocenters. The Morgan fingerprint density at radius 2 is 1.80 bits per heavy atom. The number of fused-ring (bicyclic) bond motifs is 2. The molecule has 2 saturated heterocycles. The first-order valence-corrected chi connectivity index (χ1v) is 24.4. The lowest BCUT2D eigenvalue weighted by atomic mass is 10.0. The maximum absolute atomic E-state index is 13.5. The lowest BCUT2D eigenvalue weighted by Crippen LogP contribution is -2.55. The van der Waals surface area contributed by atoms with E-state index in [4.69, 9.17) is 14.2 Å². The van der Waals surface area contributed by atoms with Crippen LogP contribution in [0.1, 0.15) is 90.2 Å². The van der Waals surface area contributed by atoms with Crippen LogP contribution in [0.15, 0.2) is 54.9 Å². The molecule has 3 aromatic heterocycles. The fourth-order valence-corrected chi connectivity index (χ4v) is 8.52. The van der Waals surface area contributed by atoms with Gasteiger partial charge in [0.1, 0.15) is 42.2 Å². The molecule has 0 saturated carbocycles. The van der Waals surface area contributed by atoms with Crippen molar-refractivity contribution in [3.8, 4) is 17.6 Å². The first-order chi connectivity index (χ1) is 29.0. The highest BCUT2D eigenvalue weighted by atomic mass is 28.3. The lowest BCUT2D eigenvalue weighted by molar-refractivity contribution is -0.158. The van der Waals surface area contributed by atoms with Gasteiger partial charge >= 0.3 is 6.09 Å². The Balaban J connectivity index is 0.966. The van der Waals surface area contributed by atoms with Gasteiger partial charge in [0.2, 0.25) is 5.91 Å². The summed E-state index contributed by atoms with van der Waals surface area (Å²) in [6.45, 7) is 13.6. The van der Waals surface area contributed by atoms with Crippen molar-refractivity contribution in [3.63, 3.8) is 0 Å². The number of amides is 4. The van der Waals surface area contributed by atoms with E-state index in [0.29, 0.717) is 34.6 Å². The quantitative estimate of drug-likeness (QED) is 0.0764. The summed E-state index contributed by atoms with van der Waals surface area (Å²) in [5.41, 5.74) is 2.65. The minimum atomic E-state index is -1.34. The van der Waals surface area contributed by atoms with Gasteiger partial charge in [-0.25, -0.2) is 19.3 Å². The fourth-order valence-electron chi connectivity index (χ4n) is 7.77. The monoisotopic (exact) mass is 847 g/mol. The summed E-state index contributed by atoms with van der Waals surface area (Å²) < 4.78 is 18.9. The molecule has 16 heteroatoms. The summed E-state index contributed by atoms with van der Waals surface area (Å²) in [4.78, 5) is 80.1. The SMILES string of the molecule is CN1CCCC1c1cc2cnc(NC(=O)c3ccc(OCC#Cc4cccc5c4CN(C4CCC(=O)N(COCC[Si](C)(C)C)C4=O)C5=O)cn3)cc2n1C(=O)OC(C)(C)C. The molecular formula is C45H53N7O8Si. The number of hydrogen-bond acceptors (Lipinski definition) is 11. The van der Waals surface area contributed by atoms with Crippen LogP contribution in [0.2, 0.25) is 25.7 Å². The van der Waals surface area contributed by atoms with E-state index in [0.717, 1.165) is 41.4 Å². The highest BCUT2D eigenvalue weighted by Gasteiger charge is 2.43. The predicted molar refractivity (Wildman–Crippen MR) is 231 cm³/mol. The summed E-state index contributed by atoms with van der Waals surface area (Å²) >= 11 is 0. The number of pyridine rings is 2. The highest BCUT2D eigenvalue weighted by molar-refractivity contribution is 6.76. The van der Waals surface area contributed by atoms with E-state index in [1.165, 1.54) is 17.2 Å². The molecule has 61 heavy (non-hydrogen) atoms. The number of ether oxygens (including phenoxy) is 3. The van der Waals surface area contributed by atoms with E-state index in [9.17, 15) is 24.0 Å². The Morgan fingerprint density at radius 3 is 2.51 bits per heavy atom. The van der Waals surface area contributed by atoms with E-state index >= 15 is 0 Å². The summed E-state index contributed by atoms with van der Waals surface area (Å²) in [6.07, 6.45) is 4.90. The number of benzene rings is 1. The number of imide groups is 1. The van der Waals surface area contributed by atoms with E-state index in [1.807, 2.05) is 40.0 Å². The van der Waals surface area contributed by atoms with Crippen molar-refractivity contribution in [2.24, 2.45) is 0 Å². The summed E-state index contributed by atoms with van der Waals surface area (Å²) in [5, 5.41) is 3.55. The zero-order valence-corrected chi connectivity index (χ0v) is 36.9. The minimum absolute atomic E-state index is 0.00427. The first-order valence-electron chi connectivity index (χ1n) is 20.7. The van der Waals surface area contributed by atoms with Gasteiger partial charge in [-0.15, -0.1) is 0 Å². The minimum Gasteiger partial charge on any atom is -0.479 e. The zero-order chi connectivity index (χ0) is 43.6. The van der Waals surface area contributed by atoms with Crippen LogP contribution in [0.25, 0.3) is 10.9 Å². The normalized spacial score (nSPS) is 18.3. The molecule has 3 aliphatic rings. The van der Waals surface area contributed by atoms with Crippen LogP contribution in [-0.2, 0) is 25.6 Å². The molecule has 6 heterocycles. The molecule has 1 N–H and O–H groups in total. The molecule has 1 aromatic carbocycles. The third-order valence-corrected chi connectivity index (χ3v) is 12.7. The first kappa shape index (κ1) is 43.2. The van der Waals surface area contributed by atoms with Crippen LogP contribution in [0.3, 0.4) is 0 Å². The van der Waals surface area contributed by atoms with Crippen molar-refractivity contribution in [1.82, 2.24) is 29.2 Å². The van der Waals surface area contributed by atoms with Gasteiger partial charge in [-0.05, 0) is 95.6 Å². The smallest absolute Gasteiger partial charge is 0.419 e. The fraction of sp³-hybridized carbons (Fsp3) is 0.444. The summed E-state index contributed by atoms with van der Waals surface area (Å²) in [5.74, 6) is 5.25. The molecule has 7 rings (SSSR count). The Morgan fingerprint density at radius 1 is 1.00 bits per heavy atom. The Bertz CT molecular complexity index is 2420. The number of piperidine rings is 1. The molecule has 0 bridgehead atoms. The number of nitrogens with zero attached hydrogens (tertiary/aromatic N) is 6. The van der Waals surface area contributed by atoms with Gasteiger partial charge in [0, 0.05) is 62.1 Å². The third-order valence-electron chi connectivity index (χ3n) is 11.0. The number of likely N-dealkylation sites (tertiary alicyclic amines) is 2. The van der Waals surface area contributed by atoms with Crippen LogP contribution in [0, 0.1) is 11.8 Å². The van der Waals surface area contributed by atoms with E-state index in [-0.39, 0.29) is 62.1 Å². The van der Waals surface area contributed by atoms with Crippen molar-refractivity contribution in [1.29, 1.82) is 0 Å². The maximum Gasteiger partial charge on any atom is 0.419 e. The molecular weight excluding hydrogens is 795 g/mol. The number of rotatable bonds is 11. The van der Waals surface area contributed by atoms with Crippen LogP contribution in [0.5, 0.6) is 5.75 Å². The van der Waals surface area contributed by atoms with Crippen LogP contribution < -0.4 is 10.1 Å². The second-order valence-electron chi connectivity index (χ2n) is 17.9. The van der Waals surface area contributed by atoms with Crippen molar-refractivity contribution in [2.75, 3.05) is 38.9 Å². The molecule has 4 aromatic rings.